The van der Waals surface area contributed by atoms with Gasteiger partial charge in [0.05, 0.1) is 11.4 Å². The van der Waals surface area contributed by atoms with Crippen LogP contribution in [0.5, 0.6) is 11.5 Å². The van der Waals surface area contributed by atoms with E-state index in [1.54, 1.807) is 59.5 Å². The zero-order chi connectivity index (χ0) is 25.8. The van der Waals surface area contributed by atoms with Crippen molar-refractivity contribution in [2.45, 2.75) is 18.0 Å². The van der Waals surface area contributed by atoms with E-state index < -0.39 is 10.0 Å². The summed E-state index contributed by atoms with van der Waals surface area (Å²) in [5, 5.41) is 0.566. The largest absolute Gasteiger partial charge is 0.454 e. The van der Waals surface area contributed by atoms with Crippen LogP contribution in [0.15, 0.2) is 77.7 Å². The van der Waals surface area contributed by atoms with Crippen molar-refractivity contribution in [2.75, 3.05) is 39.5 Å². The number of amides is 1. The molecule has 3 aromatic rings. The molecule has 2 heterocycles. The van der Waals surface area contributed by atoms with Gasteiger partial charge in [-0.15, -0.1) is 0 Å². The summed E-state index contributed by atoms with van der Waals surface area (Å²) in [6, 6.07) is 21.1. The van der Waals surface area contributed by atoms with Gasteiger partial charge in [-0.25, -0.2) is 8.42 Å². The first kappa shape index (κ1) is 25.5. The highest BCUT2D eigenvalue weighted by Gasteiger charge is 2.30. The van der Waals surface area contributed by atoms with Crippen molar-refractivity contribution in [1.29, 1.82) is 0 Å². The molecule has 194 valence electrons. The highest BCUT2D eigenvalue weighted by atomic mass is 35.5. The summed E-state index contributed by atoms with van der Waals surface area (Å²) in [5.74, 6) is 1.30. The van der Waals surface area contributed by atoms with E-state index in [0.717, 1.165) is 29.2 Å². The molecule has 0 radical (unpaired) electrons. The molecule has 37 heavy (non-hydrogen) atoms. The monoisotopic (exact) mass is 541 g/mol. The highest BCUT2D eigenvalue weighted by molar-refractivity contribution is 7.89. The van der Waals surface area contributed by atoms with E-state index in [0.29, 0.717) is 31.2 Å². The smallest absolute Gasteiger partial charge is 0.243 e. The molecule has 1 amide bonds. The molecule has 3 aromatic carbocycles. The Labute approximate surface area is 222 Å². The van der Waals surface area contributed by atoms with Gasteiger partial charge in [0.15, 0.2) is 11.5 Å². The minimum absolute atomic E-state index is 0.0736. The lowest BCUT2D eigenvalue weighted by Gasteiger charge is -2.35. The summed E-state index contributed by atoms with van der Waals surface area (Å²) in [4.78, 5) is 17.4. The molecule has 0 saturated carbocycles. The van der Waals surface area contributed by atoms with E-state index >= 15 is 0 Å². The molecule has 8 nitrogen and oxygen atoms in total. The number of halogens is 1. The number of carbonyl (C=O) groups is 1. The Morgan fingerprint density at radius 3 is 2.27 bits per heavy atom. The summed E-state index contributed by atoms with van der Waals surface area (Å²) >= 11 is 6.00. The highest BCUT2D eigenvalue weighted by Crippen LogP contribution is 2.33. The van der Waals surface area contributed by atoms with E-state index in [4.69, 9.17) is 21.1 Å². The normalized spacial score (nSPS) is 15.8. The van der Waals surface area contributed by atoms with Gasteiger partial charge in [-0.05, 0) is 47.5 Å². The fourth-order valence-corrected chi connectivity index (χ4v) is 5.99. The van der Waals surface area contributed by atoms with E-state index in [9.17, 15) is 13.2 Å². The zero-order valence-corrected chi connectivity index (χ0v) is 21.8. The second kappa shape index (κ2) is 11.1. The zero-order valence-electron chi connectivity index (χ0n) is 20.3. The van der Waals surface area contributed by atoms with Gasteiger partial charge in [-0.1, -0.05) is 48.0 Å². The molecular formula is C27H28ClN3O5S. The van der Waals surface area contributed by atoms with Crippen molar-refractivity contribution in [1.82, 2.24) is 14.1 Å². The fourth-order valence-electron chi connectivity index (χ4n) is 4.46. The molecule has 5 rings (SSSR count). The van der Waals surface area contributed by atoms with Crippen LogP contribution in [0.25, 0.3) is 0 Å². The van der Waals surface area contributed by atoms with Gasteiger partial charge in [-0.2, -0.15) is 4.31 Å². The summed E-state index contributed by atoms with van der Waals surface area (Å²) in [5.41, 5.74) is 1.87. The Balaban J connectivity index is 1.24. The number of piperazine rings is 1. The predicted molar refractivity (Wildman–Crippen MR) is 140 cm³/mol. The van der Waals surface area contributed by atoms with Gasteiger partial charge in [0.25, 0.3) is 0 Å². The van der Waals surface area contributed by atoms with Crippen molar-refractivity contribution in [2.24, 2.45) is 0 Å². The number of nitrogens with zero attached hydrogens (tertiary/aromatic N) is 3. The van der Waals surface area contributed by atoms with E-state index in [1.165, 1.54) is 4.31 Å². The topological polar surface area (TPSA) is 79.4 Å². The second-order valence-electron chi connectivity index (χ2n) is 9.06. The van der Waals surface area contributed by atoms with Crippen LogP contribution in [0, 0.1) is 0 Å². The molecule has 1 fully saturated rings. The van der Waals surface area contributed by atoms with Gasteiger partial charge in [0.1, 0.15) is 0 Å². The minimum atomic E-state index is -3.88. The summed E-state index contributed by atoms with van der Waals surface area (Å²) < 4.78 is 39.0. The van der Waals surface area contributed by atoms with Crippen LogP contribution in [-0.4, -0.2) is 67.9 Å². The standard InChI is InChI=1S/C27H28ClN3O5S/c28-23-9-6-21(7-10-23)18-31(37(33,34)24-4-2-1-3-5-24)19-27(32)30-14-12-29(13-15-30)17-22-8-11-25-26(16-22)36-20-35-25/h1-11,16H,12-15,17-20H2. The van der Waals surface area contributed by atoms with Gasteiger partial charge >= 0.3 is 0 Å². The Kier molecular flexibility index (Phi) is 7.66. The summed E-state index contributed by atoms with van der Waals surface area (Å²) in [6.45, 7) is 3.28. The maximum atomic E-state index is 13.5. The van der Waals surface area contributed by atoms with Gasteiger partial charge < -0.3 is 14.4 Å². The van der Waals surface area contributed by atoms with Crippen LogP contribution in [0.3, 0.4) is 0 Å². The fraction of sp³-hybridized carbons (Fsp3) is 0.296. The molecule has 10 heteroatoms. The van der Waals surface area contributed by atoms with Crippen LogP contribution >= 0.6 is 11.6 Å². The Morgan fingerprint density at radius 2 is 1.54 bits per heavy atom. The van der Waals surface area contributed by atoms with Crippen molar-refractivity contribution in [3.05, 3.63) is 88.9 Å². The van der Waals surface area contributed by atoms with Crippen LogP contribution in [-0.2, 0) is 27.9 Å². The lowest BCUT2D eigenvalue weighted by molar-refractivity contribution is -0.133. The van der Waals surface area contributed by atoms with Crippen molar-refractivity contribution < 1.29 is 22.7 Å². The van der Waals surface area contributed by atoms with Gasteiger partial charge in [0, 0.05) is 44.3 Å². The quantitative estimate of drug-likeness (QED) is 0.433. The molecular weight excluding hydrogens is 514 g/mol. The molecule has 0 aromatic heterocycles. The van der Waals surface area contributed by atoms with Crippen LogP contribution in [0.1, 0.15) is 11.1 Å². The molecule has 0 spiro atoms. The van der Waals surface area contributed by atoms with Crippen molar-refractivity contribution in [3.63, 3.8) is 0 Å². The third-order valence-electron chi connectivity index (χ3n) is 6.53. The molecule has 0 bridgehead atoms. The molecule has 0 atom stereocenters. The SMILES string of the molecule is O=C(CN(Cc1ccc(Cl)cc1)S(=O)(=O)c1ccccc1)N1CCN(Cc2ccc3c(c2)OCO3)CC1. The molecule has 2 aliphatic rings. The number of ether oxygens (including phenoxy) is 2. The lowest BCUT2D eigenvalue weighted by atomic mass is 10.1. The van der Waals surface area contributed by atoms with Gasteiger partial charge in [0.2, 0.25) is 22.7 Å². The first-order valence-corrected chi connectivity index (χ1v) is 13.9. The molecule has 0 aliphatic carbocycles. The first-order valence-electron chi connectivity index (χ1n) is 12.1. The van der Waals surface area contributed by atoms with E-state index in [1.807, 2.05) is 18.2 Å². The number of rotatable bonds is 8. The number of fused-ring (bicyclic) bond motifs is 1. The lowest BCUT2D eigenvalue weighted by Crippen LogP contribution is -2.51. The second-order valence-corrected chi connectivity index (χ2v) is 11.4. The third kappa shape index (κ3) is 6.07. The van der Waals surface area contributed by atoms with Crippen LogP contribution in [0.2, 0.25) is 5.02 Å². The van der Waals surface area contributed by atoms with Crippen molar-refractivity contribution in [3.8, 4) is 11.5 Å². The van der Waals surface area contributed by atoms with Gasteiger partial charge in [-0.3, -0.25) is 9.69 Å². The average Bonchev–Trinajstić information content (AvgIpc) is 3.38. The maximum absolute atomic E-state index is 13.5. The Bertz CT molecular complexity index is 1340. The molecule has 1 saturated heterocycles. The number of benzene rings is 3. The number of sulfonamides is 1. The first-order chi connectivity index (χ1) is 17.9. The molecule has 2 aliphatic heterocycles. The summed E-state index contributed by atoms with van der Waals surface area (Å²) in [7, 11) is -3.88. The van der Waals surface area contributed by atoms with Crippen molar-refractivity contribution >= 4 is 27.5 Å². The van der Waals surface area contributed by atoms with Crippen LogP contribution in [0.4, 0.5) is 0 Å². The number of hydrogen-bond donors (Lipinski definition) is 0. The number of carbonyl (C=O) groups excluding carboxylic acids is 1. The maximum Gasteiger partial charge on any atom is 0.243 e. The average molecular weight is 542 g/mol. The Morgan fingerprint density at radius 1 is 0.865 bits per heavy atom. The number of hydrogen-bond acceptors (Lipinski definition) is 6. The minimum Gasteiger partial charge on any atom is -0.454 e. The predicted octanol–water partition coefficient (Wildman–Crippen LogP) is 3.60. The third-order valence-corrected chi connectivity index (χ3v) is 8.59. The Hall–Kier alpha value is -3.11. The molecule has 0 N–H and O–H groups in total. The van der Waals surface area contributed by atoms with E-state index in [-0.39, 0.29) is 30.7 Å². The summed E-state index contributed by atoms with van der Waals surface area (Å²) in [6.07, 6.45) is 0. The molecule has 0 unspecified atom stereocenters. The van der Waals surface area contributed by atoms with E-state index in [2.05, 4.69) is 4.90 Å². The van der Waals surface area contributed by atoms with Crippen LogP contribution < -0.4 is 9.47 Å².